The van der Waals surface area contributed by atoms with Gasteiger partial charge in [0, 0.05) is 11.8 Å². The number of aryl methyl sites for hydroxylation is 2. The maximum atomic E-state index is 11.8. The van der Waals surface area contributed by atoms with Crippen LogP contribution in [0.4, 0.5) is 5.69 Å². The van der Waals surface area contributed by atoms with E-state index in [0.717, 1.165) is 16.7 Å². The van der Waals surface area contributed by atoms with Gasteiger partial charge in [-0.1, -0.05) is 24.3 Å². The van der Waals surface area contributed by atoms with Crippen molar-refractivity contribution in [3.63, 3.8) is 0 Å². The second-order valence-corrected chi connectivity index (χ2v) is 6.67. The molecular weight excluding hydrogens is 354 g/mol. The molecule has 2 N–H and O–H groups in total. The topological polar surface area (TPSA) is 105 Å². The molecule has 0 aliphatic carbocycles. The molecule has 136 valence electrons. The van der Waals surface area contributed by atoms with Gasteiger partial charge in [0.25, 0.3) is 5.69 Å². The van der Waals surface area contributed by atoms with Gasteiger partial charge in [0.1, 0.15) is 5.75 Å². The number of phenolic OH excluding ortho intramolecular Hbond substituents is 1. The van der Waals surface area contributed by atoms with Crippen molar-refractivity contribution >= 4 is 29.6 Å². The molecule has 0 saturated carbocycles. The predicted octanol–water partition coefficient (Wildman–Crippen LogP) is 3.30. The first kappa shape index (κ1) is 19.5. The van der Waals surface area contributed by atoms with Gasteiger partial charge in [0.05, 0.1) is 22.5 Å². The largest absolute Gasteiger partial charge is 0.507 e. The fraction of sp³-hybridized carbons (Fsp3) is 0.222. The number of nitro groups is 1. The second-order valence-electron chi connectivity index (χ2n) is 5.68. The average molecular weight is 373 g/mol. The molecule has 2 rings (SSSR count). The van der Waals surface area contributed by atoms with Crippen LogP contribution >= 0.6 is 11.8 Å². The Balaban J connectivity index is 1.84. The number of hydrogen-bond donors (Lipinski definition) is 2. The maximum absolute atomic E-state index is 11.8. The summed E-state index contributed by atoms with van der Waals surface area (Å²) in [6, 6.07) is 9.93. The third-order valence-corrected chi connectivity index (χ3v) is 4.58. The number of carbonyl (C=O) groups excluding carboxylic acids is 1. The van der Waals surface area contributed by atoms with Crippen molar-refractivity contribution in [2.75, 3.05) is 5.75 Å². The van der Waals surface area contributed by atoms with Crippen molar-refractivity contribution in [3.8, 4) is 5.75 Å². The molecule has 0 radical (unpaired) electrons. The molecule has 0 saturated heterocycles. The standard InChI is InChI=1S/C18H19N3O4S/c1-12-7-14(8-13(2)18(12)23)10-26-11-17(22)20-19-9-15-5-3-4-6-16(15)21(24)25/h3-9,23H,10-11H2,1-2H3,(H,20,22)/b19-9-. The molecule has 0 heterocycles. The van der Waals surface area contributed by atoms with Gasteiger partial charge in [-0.15, -0.1) is 11.8 Å². The Morgan fingerprint density at radius 3 is 2.62 bits per heavy atom. The lowest BCUT2D eigenvalue weighted by Gasteiger charge is -2.07. The minimum atomic E-state index is -0.499. The van der Waals surface area contributed by atoms with Gasteiger partial charge < -0.3 is 5.11 Å². The van der Waals surface area contributed by atoms with Crippen molar-refractivity contribution < 1.29 is 14.8 Å². The number of benzene rings is 2. The summed E-state index contributed by atoms with van der Waals surface area (Å²) in [6.45, 7) is 3.67. The molecule has 1 amide bonds. The van der Waals surface area contributed by atoms with Crippen LogP contribution in [0.2, 0.25) is 0 Å². The van der Waals surface area contributed by atoms with E-state index in [2.05, 4.69) is 10.5 Å². The molecule has 2 aromatic rings. The van der Waals surface area contributed by atoms with Gasteiger partial charge in [-0.3, -0.25) is 14.9 Å². The maximum Gasteiger partial charge on any atom is 0.278 e. The average Bonchev–Trinajstić information content (AvgIpc) is 2.60. The number of hydrogen-bond acceptors (Lipinski definition) is 6. The van der Waals surface area contributed by atoms with Crippen molar-refractivity contribution in [1.82, 2.24) is 5.43 Å². The number of nitrogens with zero attached hydrogens (tertiary/aromatic N) is 2. The van der Waals surface area contributed by atoms with Gasteiger partial charge in [0.15, 0.2) is 0 Å². The Morgan fingerprint density at radius 2 is 1.96 bits per heavy atom. The number of para-hydroxylation sites is 1. The fourth-order valence-corrected chi connectivity index (χ4v) is 3.11. The lowest BCUT2D eigenvalue weighted by atomic mass is 10.1. The molecule has 0 spiro atoms. The number of nitrogens with one attached hydrogen (secondary N) is 1. The van der Waals surface area contributed by atoms with Gasteiger partial charge >= 0.3 is 0 Å². The fourth-order valence-electron chi connectivity index (χ4n) is 2.36. The van der Waals surface area contributed by atoms with E-state index in [1.165, 1.54) is 24.0 Å². The highest BCUT2D eigenvalue weighted by Gasteiger charge is 2.10. The smallest absolute Gasteiger partial charge is 0.278 e. The molecule has 0 fully saturated rings. The lowest BCUT2D eigenvalue weighted by Crippen LogP contribution is -2.19. The highest BCUT2D eigenvalue weighted by molar-refractivity contribution is 7.99. The summed E-state index contributed by atoms with van der Waals surface area (Å²) in [4.78, 5) is 22.2. The van der Waals surface area contributed by atoms with Gasteiger partial charge in [-0.05, 0) is 36.6 Å². The zero-order valence-corrected chi connectivity index (χ0v) is 15.2. The highest BCUT2D eigenvalue weighted by atomic mass is 32.2. The summed E-state index contributed by atoms with van der Waals surface area (Å²) in [7, 11) is 0. The minimum absolute atomic E-state index is 0.0713. The van der Waals surface area contributed by atoms with Crippen LogP contribution in [-0.2, 0) is 10.5 Å². The zero-order valence-electron chi connectivity index (χ0n) is 14.4. The van der Waals surface area contributed by atoms with Crippen LogP contribution in [0, 0.1) is 24.0 Å². The summed E-state index contributed by atoms with van der Waals surface area (Å²) in [6.07, 6.45) is 1.26. The van der Waals surface area contributed by atoms with Gasteiger partial charge in [-0.25, -0.2) is 5.43 Å². The number of thioether (sulfide) groups is 1. The van der Waals surface area contributed by atoms with E-state index < -0.39 is 4.92 Å². The first-order chi connectivity index (χ1) is 12.4. The van der Waals surface area contributed by atoms with E-state index >= 15 is 0 Å². The number of aromatic hydroxyl groups is 1. The Hall–Kier alpha value is -2.87. The quantitative estimate of drug-likeness (QED) is 0.440. The number of rotatable bonds is 7. The summed E-state index contributed by atoms with van der Waals surface area (Å²) >= 11 is 1.42. The number of hydrazone groups is 1. The molecule has 26 heavy (non-hydrogen) atoms. The molecule has 0 atom stereocenters. The Labute approximate surface area is 155 Å². The zero-order chi connectivity index (χ0) is 19.1. The third-order valence-electron chi connectivity index (χ3n) is 3.58. The van der Waals surface area contributed by atoms with E-state index in [-0.39, 0.29) is 17.3 Å². The van der Waals surface area contributed by atoms with Crippen LogP contribution in [0.15, 0.2) is 41.5 Å². The van der Waals surface area contributed by atoms with E-state index in [1.807, 2.05) is 26.0 Å². The molecule has 0 aliphatic heterocycles. The van der Waals surface area contributed by atoms with Crippen molar-refractivity contribution in [1.29, 1.82) is 0 Å². The second kappa shape index (κ2) is 9.00. The number of amides is 1. The number of phenols is 1. The SMILES string of the molecule is Cc1cc(CSCC(=O)N/N=C\c2ccccc2[N+](=O)[O-])cc(C)c1O. The van der Waals surface area contributed by atoms with Crippen LogP contribution in [0.25, 0.3) is 0 Å². The Morgan fingerprint density at radius 1 is 1.31 bits per heavy atom. The summed E-state index contributed by atoms with van der Waals surface area (Å²) in [5.74, 6) is 0.828. The van der Waals surface area contributed by atoms with Crippen LogP contribution in [0.1, 0.15) is 22.3 Å². The van der Waals surface area contributed by atoms with Crippen molar-refractivity contribution in [2.45, 2.75) is 19.6 Å². The number of carbonyl (C=O) groups is 1. The lowest BCUT2D eigenvalue weighted by molar-refractivity contribution is -0.385. The van der Waals surface area contributed by atoms with E-state index in [1.54, 1.807) is 18.2 Å². The normalized spacial score (nSPS) is 10.8. The molecule has 2 aromatic carbocycles. The van der Waals surface area contributed by atoms with Crippen molar-refractivity contribution in [3.05, 3.63) is 68.8 Å². The van der Waals surface area contributed by atoms with Crippen LogP contribution < -0.4 is 5.43 Å². The third kappa shape index (κ3) is 5.32. The van der Waals surface area contributed by atoms with Gasteiger partial charge in [0.2, 0.25) is 5.91 Å². The molecule has 0 bridgehead atoms. The summed E-state index contributed by atoms with van der Waals surface area (Å²) in [5, 5.41) is 24.4. The highest BCUT2D eigenvalue weighted by Crippen LogP contribution is 2.25. The molecule has 0 aromatic heterocycles. The molecular formula is C18H19N3O4S. The van der Waals surface area contributed by atoms with Gasteiger partial charge in [-0.2, -0.15) is 5.10 Å². The Bertz CT molecular complexity index is 829. The molecule has 7 nitrogen and oxygen atoms in total. The van der Waals surface area contributed by atoms with E-state index in [4.69, 9.17) is 0 Å². The Kier molecular flexibility index (Phi) is 6.74. The summed E-state index contributed by atoms with van der Waals surface area (Å²) in [5.41, 5.74) is 5.25. The van der Waals surface area contributed by atoms with Crippen molar-refractivity contribution in [2.24, 2.45) is 5.10 Å². The molecule has 0 unspecified atom stereocenters. The first-order valence-corrected chi connectivity index (χ1v) is 8.96. The van der Waals surface area contributed by atoms with Crippen LogP contribution in [-0.4, -0.2) is 27.9 Å². The minimum Gasteiger partial charge on any atom is -0.507 e. The molecule has 0 aliphatic rings. The molecule has 8 heteroatoms. The number of nitro benzene ring substituents is 1. The first-order valence-electron chi connectivity index (χ1n) is 7.80. The predicted molar refractivity (Wildman–Crippen MR) is 103 cm³/mol. The summed E-state index contributed by atoms with van der Waals surface area (Å²) < 4.78 is 0. The van der Waals surface area contributed by atoms with E-state index in [9.17, 15) is 20.0 Å². The monoisotopic (exact) mass is 373 g/mol. The van der Waals surface area contributed by atoms with Crippen LogP contribution in [0.3, 0.4) is 0 Å². The van der Waals surface area contributed by atoms with Crippen LogP contribution in [0.5, 0.6) is 5.75 Å². The van der Waals surface area contributed by atoms with E-state index in [0.29, 0.717) is 17.1 Å².